The van der Waals surface area contributed by atoms with Crippen LogP contribution in [-0.4, -0.2) is 7.05 Å². The van der Waals surface area contributed by atoms with Crippen LogP contribution in [-0.2, 0) is 0 Å². The Bertz CT molecular complexity index is 404. The first-order valence-electron chi connectivity index (χ1n) is 4.05. The molecule has 1 aliphatic rings. The van der Waals surface area contributed by atoms with Gasteiger partial charge in [0.1, 0.15) is 5.69 Å². The van der Waals surface area contributed by atoms with Crippen molar-refractivity contribution in [1.82, 2.24) is 5.53 Å². The third-order valence-corrected chi connectivity index (χ3v) is 2.12. The van der Waals surface area contributed by atoms with Gasteiger partial charge in [0, 0.05) is 12.6 Å². The molecule has 1 heterocycles. The van der Waals surface area contributed by atoms with Crippen molar-refractivity contribution < 1.29 is 8.78 Å². The Balaban J connectivity index is 2.68. The standard InChI is InChI=1S/C9H9F2N3/c1-3-5-4-6-9(8(11)7(5)10)14(2)13-12-6/h3-4,12-13H,1H2,2H3. The number of benzene rings is 1. The topological polar surface area (TPSA) is 27.3 Å². The summed E-state index contributed by atoms with van der Waals surface area (Å²) in [6, 6.07) is 1.50. The van der Waals surface area contributed by atoms with Crippen LogP contribution in [0.3, 0.4) is 0 Å². The molecular formula is C9H9F2N3. The van der Waals surface area contributed by atoms with Crippen molar-refractivity contribution in [3.63, 3.8) is 0 Å². The van der Waals surface area contributed by atoms with Gasteiger partial charge >= 0.3 is 0 Å². The van der Waals surface area contributed by atoms with Crippen molar-refractivity contribution in [3.8, 4) is 0 Å². The number of fused-ring (bicyclic) bond motifs is 1. The first-order chi connectivity index (χ1) is 6.65. The molecule has 0 spiro atoms. The summed E-state index contributed by atoms with van der Waals surface area (Å²) in [5.41, 5.74) is 6.18. The van der Waals surface area contributed by atoms with E-state index in [1.165, 1.54) is 17.2 Å². The number of halogens is 2. The van der Waals surface area contributed by atoms with Gasteiger partial charge in [-0.3, -0.25) is 5.01 Å². The normalized spacial score (nSPS) is 13.8. The molecule has 0 fully saturated rings. The second-order valence-electron chi connectivity index (χ2n) is 2.99. The van der Waals surface area contributed by atoms with Gasteiger partial charge in [0.05, 0.1) is 5.69 Å². The number of nitrogens with one attached hydrogen (secondary N) is 2. The van der Waals surface area contributed by atoms with Crippen LogP contribution in [0.1, 0.15) is 5.56 Å². The Labute approximate surface area is 80.0 Å². The van der Waals surface area contributed by atoms with Gasteiger partial charge in [0.15, 0.2) is 11.6 Å². The van der Waals surface area contributed by atoms with Gasteiger partial charge in [-0.25, -0.2) is 8.78 Å². The minimum Gasteiger partial charge on any atom is -0.302 e. The van der Waals surface area contributed by atoms with Crippen molar-refractivity contribution in [1.29, 1.82) is 0 Å². The zero-order valence-corrected chi connectivity index (χ0v) is 7.56. The predicted molar refractivity (Wildman–Crippen MR) is 51.6 cm³/mol. The summed E-state index contributed by atoms with van der Waals surface area (Å²) < 4.78 is 26.8. The van der Waals surface area contributed by atoms with E-state index in [2.05, 4.69) is 17.5 Å². The molecule has 0 amide bonds. The van der Waals surface area contributed by atoms with Crippen LogP contribution in [0, 0.1) is 11.6 Å². The maximum absolute atomic E-state index is 13.5. The molecule has 74 valence electrons. The highest BCUT2D eigenvalue weighted by atomic mass is 19.2. The van der Waals surface area contributed by atoms with Gasteiger partial charge in [-0.15, -0.1) is 5.53 Å². The molecule has 0 radical (unpaired) electrons. The molecule has 0 atom stereocenters. The maximum atomic E-state index is 13.5. The molecule has 14 heavy (non-hydrogen) atoms. The third kappa shape index (κ3) is 1.06. The van der Waals surface area contributed by atoms with Crippen molar-refractivity contribution in [2.75, 3.05) is 17.5 Å². The Hall–Kier alpha value is -1.62. The van der Waals surface area contributed by atoms with Crippen LogP contribution in [0.5, 0.6) is 0 Å². The van der Waals surface area contributed by atoms with E-state index in [9.17, 15) is 8.78 Å². The number of hydrogen-bond acceptors (Lipinski definition) is 3. The van der Waals surface area contributed by atoms with E-state index < -0.39 is 11.6 Å². The fourth-order valence-corrected chi connectivity index (χ4v) is 1.41. The van der Waals surface area contributed by atoms with Crippen molar-refractivity contribution >= 4 is 17.5 Å². The van der Waals surface area contributed by atoms with E-state index in [-0.39, 0.29) is 11.3 Å². The van der Waals surface area contributed by atoms with Crippen LogP contribution in [0.25, 0.3) is 6.08 Å². The number of nitrogens with zero attached hydrogens (tertiary/aromatic N) is 1. The molecule has 5 heteroatoms. The number of hydrazine groups is 2. The van der Waals surface area contributed by atoms with Gasteiger partial charge in [0.25, 0.3) is 0 Å². The quantitative estimate of drug-likeness (QED) is 0.719. The lowest BCUT2D eigenvalue weighted by Gasteiger charge is -2.11. The van der Waals surface area contributed by atoms with Crippen molar-refractivity contribution in [2.45, 2.75) is 0 Å². The van der Waals surface area contributed by atoms with Crippen LogP contribution >= 0.6 is 0 Å². The Morgan fingerprint density at radius 3 is 2.79 bits per heavy atom. The molecule has 0 unspecified atom stereocenters. The highest BCUT2D eigenvalue weighted by Crippen LogP contribution is 2.34. The fourth-order valence-electron chi connectivity index (χ4n) is 1.41. The van der Waals surface area contributed by atoms with Gasteiger partial charge in [-0.1, -0.05) is 12.7 Å². The third-order valence-electron chi connectivity index (χ3n) is 2.12. The van der Waals surface area contributed by atoms with Crippen LogP contribution in [0.15, 0.2) is 12.6 Å². The number of hydrogen-bond donors (Lipinski definition) is 2. The van der Waals surface area contributed by atoms with Crippen molar-refractivity contribution in [3.05, 3.63) is 29.8 Å². The zero-order chi connectivity index (χ0) is 10.3. The lowest BCUT2D eigenvalue weighted by atomic mass is 10.1. The molecule has 0 aromatic heterocycles. The van der Waals surface area contributed by atoms with Crippen LogP contribution in [0.2, 0.25) is 0 Å². The summed E-state index contributed by atoms with van der Waals surface area (Å²) in [6.07, 6.45) is 1.28. The van der Waals surface area contributed by atoms with Gasteiger partial charge in [-0.2, -0.15) is 0 Å². The summed E-state index contributed by atoms with van der Waals surface area (Å²) in [4.78, 5) is 0. The summed E-state index contributed by atoms with van der Waals surface area (Å²) in [5, 5.41) is 1.38. The molecule has 1 aromatic carbocycles. The van der Waals surface area contributed by atoms with E-state index in [0.29, 0.717) is 5.69 Å². The fraction of sp³-hybridized carbons (Fsp3) is 0.111. The minimum atomic E-state index is -0.879. The Morgan fingerprint density at radius 1 is 1.43 bits per heavy atom. The molecule has 0 aliphatic carbocycles. The first-order valence-corrected chi connectivity index (χ1v) is 4.05. The van der Waals surface area contributed by atoms with E-state index in [1.807, 2.05) is 0 Å². The molecule has 2 N–H and O–H groups in total. The van der Waals surface area contributed by atoms with E-state index in [1.54, 1.807) is 7.05 Å². The highest BCUT2D eigenvalue weighted by molar-refractivity contribution is 5.76. The largest absolute Gasteiger partial charge is 0.302 e. The maximum Gasteiger partial charge on any atom is 0.186 e. The van der Waals surface area contributed by atoms with E-state index in [4.69, 9.17) is 0 Å². The molecule has 3 nitrogen and oxygen atoms in total. The summed E-state index contributed by atoms with van der Waals surface area (Å²) in [5.74, 6) is -1.76. The highest BCUT2D eigenvalue weighted by Gasteiger charge is 2.24. The molecule has 1 aromatic rings. The average molecular weight is 197 g/mol. The van der Waals surface area contributed by atoms with Gasteiger partial charge in [-0.05, 0) is 6.07 Å². The summed E-state index contributed by atoms with van der Waals surface area (Å²) in [7, 11) is 1.59. The van der Waals surface area contributed by atoms with Gasteiger partial charge in [0.2, 0.25) is 0 Å². The molecule has 1 aliphatic heterocycles. The zero-order valence-electron chi connectivity index (χ0n) is 7.56. The van der Waals surface area contributed by atoms with Crippen LogP contribution in [0.4, 0.5) is 20.2 Å². The number of rotatable bonds is 1. The van der Waals surface area contributed by atoms with Gasteiger partial charge < -0.3 is 5.43 Å². The molecule has 0 bridgehead atoms. The second-order valence-corrected chi connectivity index (χ2v) is 2.99. The van der Waals surface area contributed by atoms with E-state index >= 15 is 0 Å². The molecule has 2 rings (SSSR count). The lowest BCUT2D eigenvalue weighted by Crippen LogP contribution is -2.32. The Kier molecular flexibility index (Phi) is 1.89. The predicted octanol–water partition coefficient (Wildman–Crippen LogP) is 1.89. The SMILES string of the molecule is C=Cc1cc2c(c(F)c1F)N(C)NN2. The molecule has 0 saturated heterocycles. The minimum absolute atomic E-state index is 0.144. The molecule has 0 saturated carbocycles. The second kappa shape index (κ2) is 2.95. The monoisotopic (exact) mass is 197 g/mol. The van der Waals surface area contributed by atoms with Crippen molar-refractivity contribution in [2.24, 2.45) is 0 Å². The van der Waals surface area contributed by atoms with Crippen LogP contribution < -0.4 is 16.0 Å². The molecular weight excluding hydrogens is 188 g/mol. The van der Waals surface area contributed by atoms with E-state index in [0.717, 1.165) is 0 Å². The summed E-state index contributed by atoms with van der Waals surface area (Å²) in [6.45, 7) is 3.41. The average Bonchev–Trinajstić information content (AvgIpc) is 2.54. The lowest BCUT2D eigenvalue weighted by molar-refractivity contribution is 0.507. The Morgan fingerprint density at radius 2 is 2.14 bits per heavy atom. The number of anilines is 2. The first kappa shape index (κ1) is 8.96. The summed E-state index contributed by atoms with van der Waals surface area (Å²) >= 11 is 0. The smallest absolute Gasteiger partial charge is 0.186 e.